The molecule has 0 aliphatic heterocycles. The van der Waals surface area contributed by atoms with Crippen molar-refractivity contribution in [2.24, 2.45) is 0 Å². The summed E-state index contributed by atoms with van der Waals surface area (Å²) in [6.07, 6.45) is 0.0407. The number of aliphatic carboxylic acids is 1. The molecule has 0 bridgehead atoms. The van der Waals surface area contributed by atoms with Gasteiger partial charge in [0.15, 0.2) is 0 Å². The van der Waals surface area contributed by atoms with E-state index in [9.17, 15) is 4.79 Å². The van der Waals surface area contributed by atoms with Crippen LogP contribution in [0, 0.1) is 3.57 Å². The van der Waals surface area contributed by atoms with E-state index in [1.807, 2.05) is 0 Å². The van der Waals surface area contributed by atoms with Crippen LogP contribution in [0.15, 0.2) is 24.3 Å². The molecule has 13 heavy (non-hydrogen) atoms. The third kappa shape index (κ3) is 3.70. The van der Waals surface area contributed by atoms with Gasteiger partial charge in [-0.3, -0.25) is 0 Å². The van der Waals surface area contributed by atoms with Crippen molar-refractivity contribution in [1.82, 2.24) is 0 Å². The molecule has 1 rings (SSSR count). The Balaban J connectivity index is 2.75. The predicted molar refractivity (Wildman–Crippen MR) is 62.2 cm³/mol. The molecule has 0 atom stereocenters. The van der Waals surface area contributed by atoms with Crippen LogP contribution in [0.3, 0.4) is 0 Å². The SMILES string of the molecule is O=C(O)Cc1ccc(I(Cl)Cl)cc1. The molecule has 72 valence electrons. The molecule has 0 unspecified atom stereocenters. The summed E-state index contributed by atoms with van der Waals surface area (Å²) in [5.74, 6) is -0.833. The van der Waals surface area contributed by atoms with E-state index in [0.29, 0.717) is 0 Å². The average Bonchev–Trinajstić information content (AvgIpc) is 2.04. The van der Waals surface area contributed by atoms with E-state index in [-0.39, 0.29) is 6.42 Å². The quantitative estimate of drug-likeness (QED) is 0.862. The van der Waals surface area contributed by atoms with Crippen LogP contribution < -0.4 is 0 Å². The summed E-state index contributed by atoms with van der Waals surface area (Å²) in [5, 5.41) is 8.50. The first-order chi connectivity index (χ1) is 6.09. The van der Waals surface area contributed by atoms with Gasteiger partial charge >= 0.3 is 91.1 Å². The molecule has 1 aromatic carbocycles. The van der Waals surface area contributed by atoms with Gasteiger partial charge in [-0.05, 0) is 0 Å². The van der Waals surface area contributed by atoms with Crippen LogP contribution in [0.5, 0.6) is 0 Å². The molecule has 5 heteroatoms. The molecule has 0 fully saturated rings. The minimum absolute atomic E-state index is 0.0407. The number of hydrogen-bond acceptors (Lipinski definition) is 1. The van der Waals surface area contributed by atoms with Crippen LogP contribution in [-0.2, 0) is 11.2 Å². The van der Waals surface area contributed by atoms with Gasteiger partial charge in [-0.1, -0.05) is 0 Å². The van der Waals surface area contributed by atoms with Gasteiger partial charge in [-0.25, -0.2) is 0 Å². The van der Waals surface area contributed by atoms with Crippen LogP contribution in [0.2, 0.25) is 0 Å². The van der Waals surface area contributed by atoms with Crippen LogP contribution in [-0.4, -0.2) is 11.1 Å². The van der Waals surface area contributed by atoms with Gasteiger partial charge in [0.1, 0.15) is 0 Å². The molecule has 0 amide bonds. The van der Waals surface area contributed by atoms with Crippen molar-refractivity contribution >= 4 is 41.3 Å². The summed E-state index contributed by atoms with van der Waals surface area (Å²) in [4.78, 5) is 10.3. The van der Waals surface area contributed by atoms with E-state index >= 15 is 0 Å². The maximum absolute atomic E-state index is 10.3. The third-order valence-corrected chi connectivity index (χ3v) is 5.31. The van der Waals surface area contributed by atoms with Crippen molar-refractivity contribution < 1.29 is 9.90 Å². The van der Waals surface area contributed by atoms with E-state index in [1.165, 1.54) is 0 Å². The van der Waals surface area contributed by atoms with E-state index in [4.69, 9.17) is 22.9 Å². The van der Waals surface area contributed by atoms with Crippen LogP contribution in [0.25, 0.3) is 0 Å². The molecule has 2 nitrogen and oxygen atoms in total. The Hall–Kier alpha value is -0.000000000000000111. The average molecular weight is 333 g/mol. The second kappa shape index (κ2) is 5.02. The second-order valence-electron chi connectivity index (χ2n) is 2.39. The first-order valence-electron chi connectivity index (χ1n) is 3.43. The molecular weight excluding hydrogens is 326 g/mol. The zero-order chi connectivity index (χ0) is 9.84. The van der Waals surface area contributed by atoms with Crippen LogP contribution in [0.1, 0.15) is 5.56 Å². The zero-order valence-corrected chi connectivity index (χ0v) is 10.2. The Morgan fingerprint density at radius 2 is 1.85 bits per heavy atom. The van der Waals surface area contributed by atoms with Crippen molar-refractivity contribution in [2.75, 3.05) is 0 Å². The number of benzene rings is 1. The summed E-state index contributed by atoms with van der Waals surface area (Å²) in [5.41, 5.74) is 0.766. The van der Waals surface area contributed by atoms with E-state index in [1.54, 1.807) is 24.3 Å². The molecule has 0 saturated heterocycles. The molecule has 0 heterocycles. The molecular formula is C8H7Cl2IO2. The maximum atomic E-state index is 10.3. The predicted octanol–water partition coefficient (Wildman–Crippen LogP) is 3.30. The number of carbonyl (C=O) groups is 1. The first kappa shape index (κ1) is 11.1. The number of halogens is 3. The first-order valence-corrected chi connectivity index (χ1v) is 9.97. The monoisotopic (exact) mass is 332 g/mol. The Labute approximate surface area is 90.7 Å². The van der Waals surface area contributed by atoms with Crippen LogP contribution in [0.4, 0.5) is 0 Å². The van der Waals surface area contributed by atoms with Gasteiger partial charge in [0, 0.05) is 0 Å². The third-order valence-electron chi connectivity index (χ3n) is 1.43. The second-order valence-corrected chi connectivity index (χ2v) is 9.58. The van der Waals surface area contributed by atoms with Crippen molar-refractivity contribution in [3.05, 3.63) is 33.4 Å². The fourth-order valence-corrected chi connectivity index (χ4v) is 3.05. The fourth-order valence-electron chi connectivity index (χ4n) is 0.872. The molecule has 1 N–H and O–H groups in total. The molecule has 0 spiro atoms. The fraction of sp³-hybridized carbons (Fsp3) is 0.125. The van der Waals surface area contributed by atoms with Gasteiger partial charge in [-0.2, -0.15) is 0 Å². The number of carboxylic acids is 1. The van der Waals surface area contributed by atoms with Crippen molar-refractivity contribution in [2.45, 2.75) is 6.42 Å². The van der Waals surface area contributed by atoms with E-state index in [2.05, 4.69) is 0 Å². The number of rotatable bonds is 3. The summed E-state index contributed by atoms with van der Waals surface area (Å²) < 4.78 is 0.932. The molecule has 0 aliphatic rings. The van der Waals surface area contributed by atoms with E-state index in [0.717, 1.165) is 9.13 Å². The van der Waals surface area contributed by atoms with Gasteiger partial charge in [0.2, 0.25) is 0 Å². The molecule has 0 aliphatic carbocycles. The zero-order valence-electron chi connectivity index (χ0n) is 6.51. The topological polar surface area (TPSA) is 37.3 Å². The van der Waals surface area contributed by atoms with Gasteiger partial charge in [0.25, 0.3) is 0 Å². The van der Waals surface area contributed by atoms with Crippen LogP contribution >= 0.6 is 35.4 Å². The van der Waals surface area contributed by atoms with Gasteiger partial charge in [0.05, 0.1) is 0 Å². The minimum atomic E-state index is -1.95. The molecule has 0 saturated carbocycles. The van der Waals surface area contributed by atoms with Crippen molar-refractivity contribution in [3.63, 3.8) is 0 Å². The summed E-state index contributed by atoms with van der Waals surface area (Å²) in [6, 6.07) is 7.09. The Morgan fingerprint density at radius 1 is 1.31 bits per heavy atom. The number of hydrogen-bond donors (Lipinski definition) is 1. The number of carboxylic acid groups (broad SMARTS) is 1. The standard InChI is InChI=1S/C8H7Cl2IO2/c9-11(10)7-3-1-6(2-4-7)5-8(12)13/h1-4H,5H2,(H,12,13). The van der Waals surface area contributed by atoms with Gasteiger partial charge < -0.3 is 0 Å². The summed E-state index contributed by atoms with van der Waals surface area (Å²) in [6.45, 7) is 0. The Kier molecular flexibility index (Phi) is 4.28. The normalized spacial score (nSPS) is 11.1. The van der Waals surface area contributed by atoms with Crippen molar-refractivity contribution in [3.8, 4) is 0 Å². The van der Waals surface area contributed by atoms with Crippen molar-refractivity contribution in [1.29, 1.82) is 0 Å². The Bertz CT molecular complexity index is 298. The molecule has 0 radical (unpaired) electrons. The van der Waals surface area contributed by atoms with Gasteiger partial charge in [-0.15, -0.1) is 0 Å². The Morgan fingerprint density at radius 3 is 2.23 bits per heavy atom. The summed E-state index contributed by atoms with van der Waals surface area (Å²) >= 11 is -1.95. The molecule has 1 aromatic rings. The van der Waals surface area contributed by atoms with E-state index < -0.39 is 23.5 Å². The molecule has 0 aromatic heterocycles. The summed E-state index contributed by atoms with van der Waals surface area (Å²) in [7, 11) is 11.5.